The molecule has 2 aliphatic rings. The second-order valence-electron chi connectivity index (χ2n) is 5.60. The third-order valence-corrected chi connectivity index (χ3v) is 4.23. The van der Waals surface area contributed by atoms with Crippen LogP contribution in [0.1, 0.15) is 5.56 Å². The quantitative estimate of drug-likeness (QED) is 0.554. The molecule has 0 aromatic heterocycles. The highest BCUT2D eigenvalue weighted by Gasteiger charge is 2.25. The van der Waals surface area contributed by atoms with Crippen molar-refractivity contribution in [2.24, 2.45) is 4.99 Å². The summed E-state index contributed by atoms with van der Waals surface area (Å²) in [6, 6.07) is 3.52. The van der Waals surface area contributed by atoms with Gasteiger partial charge in [-0.25, -0.2) is 4.99 Å². The van der Waals surface area contributed by atoms with Gasteiger partial charge in [-0.1, -0.05) is 0 Å². The van der Waals surface area contributed by atoms with Crippen LogP contribution in [-0.4, -0.2) is 63.8 Å². The molecule has 25 heavy (non-hydrogen) atoms. The fraction of sp³-hybridized carbons (Fsp3) is 0.353. The van der Waals surface area contributed by atoms with E-state index in [0.717, 1.165) is 19.3 Å². The van der Waals surface area contributed by atoms with Crippen molar-refractivity contribution in [1.82, 2.24) is 15.5 Å². The van der Waals surface area contributed by atoms with Gasteiger partial charge in [0.05, 0.1) is 37.5 Å². The molecule has 2 heterocycles. The number of piperazine rings is 1. The van der Waals surface area contributed by atoms with Gasteiger partial charge in [0.1, 0.15) is 0 Å². The summed E-state index contributed by atoms with van der Waals surface area (Å²) in [5.41, 5.74) is 2.19. The number of hydrogen-bond acceptors (Lipinski definition) is 7. The van der Waals surface area contributed by atoms with Crippen molar-refractivity contribution in [1.29, 1.82) is 5.41 Å². The number of carbonyl (C=O) groups excluding carboxylic acids is 1. The Balaban J connectivity index is 2.07. The van der Waals surface area contributed by atoms with Gasteiger partial charge in [0.15, 0.2) is 11.5 Å². The summed E-state index contributed by atoms with van der Waals surface area (Å²) < 4.78 is 10.7. The molecular weight excluding hydrogens is 322 g/mol. The number of ether oxygens (including phenoxy) is 2. The van der Waals surface area contributed by atoms with E-state index in [9.17, 15) is 4.79 Å². The third-order valence-electron chi connectivity index (χ3n) is 4.23. The van der Waals surface area contributed by atoms with Crippen molar-refractivity contribution in [2.45, 2.75) is 0 Å². The van der Waals surface area contributed by atoms with E-state index >= 15 is 0 Å². The Labute approximate surface area is 146 Å². The topological polar surface area (TPSA) is 99.0 Å². The predicted molar refractivity (Wildman–Crippen MR) is 96.0 cm³/mol. The van der Waals surface area contributed by atoms with E-state index in [1.807, 2.05) is 0 Å². The zero-order chi connectivity index (χ0) is 17.8. The molecule has 0 spiro atoms. The lowest BCUT2D eigenvalue weighted by molar-refractivity contribution is -0.127. The maximum Gasteiger partial charge on any atom is 0.257 e. The first-order chi connectivity index (χ1) is 12.2. The lowest BCUT2D eigenvalue weighted by Crippen LogP contribution is -2.47. The zero-order valence-corrected chi connectivity index (χ0v) is 14.3. The molecule has 1 saturated heterocycles. The molecule has 2 aliphatic heterocycles. The van der Waals surface area contributed by atoms with Crippen molar-refractivity contribution >= 4 is 29.8 Å². The fourth-order valence-electron chi connectivity index (χ4n) is 2.92. The summed E-state index contributed by atoms with van der Waals surface area (Å²) in [6.07, 6.45) is 2.60. The van der Waals surface area contributed by atoms with Crippen molar-refractivity contribution in [3.05, 3.63) is 23.3 Å². The van der Waals surface area contributed by atoms with Crippen molar-refractivity contribution < 1.29 is 14.3 Å². The summed E-state index contributed by atoms with van der Waals surface area (Å²) in [7, 11) is 3.11. The van der Waals surface area contributed by atoms with Gasteiger partial charge in [-0.3, -0.25) is 4.79 Å². The average Bonchev–Trinajstić information content (AvgIpc) is 2.68. The van der Waals surface area contributed by atoms with E-state index in [4.69, 9.17) is 14.9 Å². The Kier molecular flexibility index (Phi) is 4.99. The van der Waals surface area contributed by atoms with Crippen LogP contribution >= 0.6 is 0 Å². The maximum atomic E-state index is 12.9. The van der Waals surface area contributed by atoms with E-state index in [1.165, 1.54) is 6.34 Å². The Morgan fingerprint density at radius 2 is 1.92 bits per heavy atom. The molecule has 0 atom stereocenters. The molecule has 0 radical (unpaired) electrons. The van der Waals surface area contributed by atoms with Gasteiger partial charge >= 0.3 is 0 Å². The second kappa shape index (κ2) is 7.35. The van der Waals surface area contributed by atoms with Crippen molar-refractivity contribution in [3.63, 3.8) is 0 Å². The minimum Gasteiger partial charge on any atom is -0.493 e. The first-order valence-corrected chi connectivity index (χ1v) is 7.99. The molecule has 8 nitrogen and oxygen atoms in total. The summed E-state index contributed by atoms with van der Waals surface area (Å²) in [6.45, 7) is 2.75. The van der Waals surface area contributed by atoms with E-state index in [2.05, 4.69) is 15.6 Å². The average molecular weight is 343 g/mol. The lowest BCUT2D eigenvalue weighted by Gasteiger charge is -2.29. The molecule has 0 aliphatic carbocycles. The van der Waals surface area contributed by atoms with Crippen molar-refractivity contribution in [2.75, 3.05) is 40.4 Å². The van der Waals surface area contributed by atoms with E-state index in [-0.39, 0.29) is 5.91 Å². The van der Waals surface area contributed by atoms with Crippen LogP contribution in [0, 0.1) is 5.41 Å². The van der Waals surface area contributed by atoms with Crippen LogP contribution in [0.15, 0.2) is 22.7 Å². The fourth-order valence-corrected chi connectivity index (χ4v) is 2.92. The molecule has 8 heteroatoms. The molecule has 132 valence electrons. The third kappa shape index (κ3) is 3.20. The standard InChI is InChI=1S/C17H21N5O3/c1-24-14-7-11-13(8-15(14)25-2)20-10-21-16(11)12(9-18)17(23)22-5-3-19-4-6-22/h7-10,18-19H,3-6H2,1-2H3,(H,20,21)/b16-12+,18-9?. The van der Waals surface area contributed by atoms with Crippen LogP contribution in [0.3, 0.4) is 0 Å². The van der Waals surface area contributed by atoms with Crippen LogP contribution in [0.2, 0.25) is 0 Å². The van der Waals surface area contributed by atoms with E-state index in [1.54, 1.807) is 31.3 Å². The first-order valence-electron chi connectivity index (χ1n) is 7.99. The van der Waals surface area contributed by atoms with Crippen LogP contribution in [0.4, 0.5) is 5.69 Å². The van der Waals surface area contributed by atoms with E-state index < -0.39 is 0 Å². The van der Waals surface area contributed by atoms with Crippen molar-refractivity contribution in [3.8, 4) is 11.5 Å². The van der Waals surface area contributed by atoms with Crippen LogP contribution in [-0.2, 0) is 4.79 Å². The molecule has 1 aromatic carbocycles. The number of nitrogens with one attached hydrogen (secondary N) is 3. The molecule has 3 rings (SSSR count). The van der Waals surface area contributed by atoms with E-state index in [0.29, 0.717) is 47.1 Å². The first kappa shape index (κ1) is 17.0. The Morgan fingerprint density at radius 3 is 2.56 bits per heavy atom. The van der Waals surface area contributed by atoms with Gasteiger partial charge in [0, 0.05) is 44.0 Å². The smallest absolute Gasteiger partial charge is 0.257 e. The van der Waals surface area contributed by atoms with Crippen LogP contribution in [0.25, 0.3) is 5.70 Å². The second-order valence-corrected chi connectivity index (χ2v) is 5.60. The molecule has 1 amide bonds. The maximum absolute atomic E-state index is 12.9. The highest BCUT2D eigenvalue weighted by molar-refractivity contribution is 6.19. The SMILES string of the molecule is COc1cc2c(cc1OC)/C(=C(/C=N)C(=O)N1CCNCC1)NC=N2. The number of rotatable bonds is 4. The lowest BCUT2D eigenvalue weighted by atomic mass is 10.0. The Bertz CT molecular complexity index is 751. The molecule has 0 saturated carbocycles. The number of hydrogen-bond donors (Lipinski definition) is 3. The molecule has 3 N–H and O–H groups in total. The zero-order valence-electron chi connectivity index (χ0n) is 14.3. The minimum atomic E-state index is -0.171. The molecule has 0 bridgehead atoms. The molecular formula is C17H21N5O3. The Hall–Kier alpha value is -2.87. The molecule has 1 fully saturated rings. The summed E-state index contributed by atoms with van der Waals surface area (Å²) in [4.78, 5) is 18.9. The number of amides is 1. The number of aliphatic imine (C=N–C) groups is 1. The monoisotopic (exact) mass is 343 g/mol. The highest BCUT2D eigenvalue weighted by Crippen LogP contribution is 2.39. The largest absolute Gasteiger partial charge is 0.493 e. The summed E-state index contributed by atoms with van der Waals surface area (Å²) in [5.74, 6) is 0.927. The Morgan fingerprint density at radius 1 is 1.24 bits per heavy atom. The predicted octanol–water partition coefficient (Wildman–Crippen LogP) is 0.759. The highest BCUT2D eigenvalue weighted by atomic mass is 16.5. The van der Waals surface area contributed by atoms with Gasteiger partial charge < -0.3 is 30.4 Å². The molecule has 1 aromatic rings. The summed E-state index contributed by atoms with van der Waals surface area (Å²) >= 11 is 0. The number of nitrogens with zero attached hydrogens (tertiary/aromatic N) is 2. The minimum absolute atomic E-state index is 0.171. The van der Waals surface area contributed by atoms with Gasteiger partial charge in [-0.2, -0.15) is 0 Å². The summed E-state index contributed by atoms with van der Waals surface area (Å²) in [5, 5.41) is 14.0. The normalized spacial score (nSPS) is 18.1. The number of fused-ring (bicyclic) bond motifs is 1. The van der Waals surface area contributed by atoms with Gasteiger partial charge in [-0.05, 0) is 6.07 Å². The van der Waals surface area contributed by atoms with Gasteiger partial charge in [-0.15, -0.1) is 0 Å². The number of methoxy groups -OCH3 is 2. The van der Waals surface area contributed by atoms with Crippen LogP contribution < -0.4 is 20.1 Å². The van der Waals surface area contributed by atoms with Crippen LogP contribution in [0.5, 0.6) is 11.5 Å². The van der Waals surface area contributed by atoms with Gasteiger partial charge in [0.25, 0.3) is 5.91 Å². The number of carbonyl (C=O) groups is 1. The molecule has 0 unspecified atom stereocenters. The van der Waals surface area contributed by atoms with Gasteiger partial charge in [0.2, 0.25) is 0 Å². The number of benzene rings is 1.